The van der Waals surface area contributed by atoms with Crippen molar-refractivity contribution in [2.75, 3.05) is 53.4 Å². The first-order chi connectivity index (χ1) is 17.2. The molecule has 2 fully saturated rings. The van der Waals surface area contributed by atoms with E-state index >= 15 is 0 Å². The van der Waals surface area contributed by atoms with Crippen molar-refractivity contribution in [3.8, 4) is 0 Å². The Bertz CT molecular complexity index is 1110. The molecule has 0 bridgehead atoms. The largest absolute Gasteiger partial charge is 0.464 e. The van der Waals surface area contributed by atoms with Gasteiger partial charge in [0.1, 0.15) is 6.61 Å². The summed E-state index contributed by atoms with van der Waals surface area (Å²) in [4.78, 5) is 46.2. The number of nitrogens with one attached hydrogen (secondary N) is 1. The number of hydrogen-bond donors (Lipinski definition) is 1. The molecule has 0 radical (unpaired) electrons. The summed E-state index contributed by atoms with van der Waals surface area (Å²) in [5.41, 5.74) is 3.21. The summed E-state index contributed by atoms with van der Waals surface area (Å²) < 4.78 is 10.7. The molecule has 4 rings (SSSR count). The molecular formula is C27H40N4O5. The molecule has 2 aliphatic heterocycles. The smallest absolute Gasteiger partial charge is 0.417 e. The summed E-state index contributed by atoms with van der Waals surface area (Å²) in [5.74, 6) is -0.465. The number of nitrogens with zero attached hydrogens (tertiary/aromatic N) is 3. The molecular weight excluding hydrogens is 460 g/mol. The van der Waals surface area contributed by atoms with Crippen LogP contribution in [0.5, 0.6) is 0 Å². The van der Waals surface area contributed by atoms with Gasteiger partial charge < -0.3 is 23.9 Å². The van der Waals surface area contributed by atoms with Gasteiger partial charge in [-0.25, -0.2) is 4.79 Å². The molecule has 3 heterocycles. The van der Waals surface area contributed by atoms with Crippen molar-refractivity contribution in [3.05, 3.63) is 33.8 Å². The number of hydrogen-bond acceptors (Lipinski definition) is 7. The van der Waals surface area contributed by atoms with Crippen molar-refractivity contribution in [1.82, 2.24) is 19.7 Å². The van der Waals surface area contributed by atoms with Crippen LogP contribution < -0.4 is 5.76 Å². The van der Waals surface area contributed by atoms with Crippen molar-refractivity contribution in [2.24, 2.45) is 11.8 Å². The lowest BCUT2D eigenvalue weighted by Gasteiger charge is -2.41. The number of aromatic amines is 1. The first-order valence-corrected chi connectivity index (χ1v) is 13.2. The molecule has 0 spiro atoms. The van der Waals surface area contributed by atoms with Crippen LogP contribution in [0.25, 0.3) is 11.1 Å². The highest BCUT2D eigenvalue weighted by molar-refractivity contribution is 5.80. The number of aryl methyl sites for hydroxylation is 1. The average Bonchev–Trinajstić information content (AvgIpc) is 3.24. The van der Waals surface area contributed by atoms with Gasteiger partial charge in [-0.2, -0.15) is 0 Å². The van der Waals surface area contributed by atoms with E-state index in [1.807, 2.05) is 49.9 Å². The third-order valence-electron chi connectivity index (χ3n) is 7.69. The van der Waals surface area contributed by atoms with E-state index in [2.05, 4.69) is 9.88 Å². The highest BCUT2D eigenvalue weighted by Gasteiger charge is 2.33. The number of amides is 1. The maximum atomic E-state index is 13.2. The lowest BCUT2D eigenvalue weighted by Crippen LogP contribution is -2.50. The van der Waals surface area contributed by atoms with Gasteiger partial charge in [0.2, 0.25) is 5.91 Å². The van der Waals surface area contributed by atoms with E-state index in [0.29, 0.717) is 24.7 Å². The topological polar surface area (TPSA) is 99.1 Å². The molecule has 198 valence electrons. The number of carbonyl (C=O) groups is 2. The Balaban J connectivity index is 1.22. The fourth-order valence-corrected chi connectivity index (χ4v) is 5.56. The van der Waals surface area contributed by atoms with E-state index in [9.17, 15) is 14.4 Å². The lowest BCUT2D eigenvalue weighted by atomic mass is 9.92. The third kappa shape index (κ3) is 6.37. The predicted octanol–water partition coefficient (Wildman–Crippen LogP) is 2.42. The number of benzene rings is 1. The molecule has 9 heteroatoms. The van der Waals surface area contributed by atoms with E-state index in [1.54, 1.807) is 0 Å². The van der Waals surface area contributed by atoms with E-state index in [4.69, 9.17) is 9.15 Å². The Morgan fingerprint density at radius 1 is 1.14 bits per heavy atom. The first kappa shape index (κ1) is 26.4. The summed E-state index contributed by atoms with van der Waals surface area (Å²) in [7, 11) is 3.94. The molecule has 1 amide bonds. The lowest BCUT2D eigenvalue weighted by molar-refractivity contribution is -0.151. The third-order valence-corrected chi connectivity index (χ3v) is 7.69. The summed E-state index contributed by atoms with van der Waals surface area (Å²) >= 11 is 0. The van der Waals surface area contributed by atoms with Crippen LogP contribution in [0.4, 0.5) is 0 Å². The number of esters is 1. The maximum Gasteiger partial charge on any atom is 0.417 e. The van der Waals surface area contributed by atoms with E-state index in [-0.39, 0.29) is 23.7 Å². The van der Waals surface area contributed by atoms with Crippen molar-refractivity contribution >= 4 is 23.0 Å². The number of aromatic nitrogens is 1. The summed E-state index contributed by atoms with van der Waals surface area (Å²) in [6.07, 6.45) is 4.25. The second-order valence-corrected chi connectivity index (χ2v) is 10.7. The number of fused-ring (bicyclic) bond motifs is 1. The van der Waals surface area contributed by atoms with Gasteiger partial charge in [-0.15, -0.1) is 0 Å². The van der Waals surface area contributed by atoms with E-state index < -0.39 is 5.76 Å². The highest BCUT2D eigenvalue weighted by Crippen LogP contribution is 2.26. The molecule has 1 N–H and O–H groups in total. The highest BCUT2D eigenvalue weighted by atomic mass is 16.5. The number of likely N-dealkylation sites (N-methyl/N-ethyl adjacent to an activating group) is 1. The Kier molecular flexibility index (Phi) is 8.51. The van der Waals surface area contributed by atoms with Crippen LogP contribution in [0.2, 0.25) is 0 Å². The fourth-order valence-electron chi connectivity index (χ4n) is 5.56. The van der Waals surface area contributed by atoms with Gasteiger partial charge >= 0.3 is 11.7 Å². The van der Waals surface area contributed by atoms with Gasteiger partial charge in [0.25, 0.3) is 0 Å². The normalized spacial score (nSPS) is 19.2. The van der Waals surface area contributed by atoms with Crippen LogP contribution in [-0.4, -0.2) is 91.0 Å². The zero-order chi connectivity index (χ0) is 25.8. The number of carbonyl (C=O) groups excluding carboxylic acids is 2. The molecule has 2 saturated heterocycles. The van der Waals surface area contributed by atoms with Crippen molar-refractivity contribution in [2.45, 2.75) is 52.0 Å². The van der Waals surface area contributed by atoms with Crippen LogP contribution in [0.15, 0.2) is 21.3 Å². The zero-order valence-electron chi connectivity index (χ0n) is 22.0. The SMILES string of the molecule is Cc1cc(C[C@@H](C)C(=O)N2CCC(N3CCC(C(=O)OCCN(C)C)CC3)CC2)cc2oc(=O)[nH]c12. The van der Waals surface area contributed by atoms with Crippen molar-refractivity contribution in [1.29, 1.82) is 0 Å². The number of rotatable bonds is 8. The molecule has 2 aliphatic rings. The number of oxazole rings is 1. The summed E-state index contributed by atoms with van der Waals surface area (Å²) in [6.45, 7) is 8.48. The standard InChI is InChI=1S/C27H40N4O5/c1-18-15-20(17-23-24(18)28-27(34)36-23)16-19(2)25(32)31-11-7-22(8-12-31)30-9-5-21(6-10-30)26(33)35-14-13-29(3)4/h15,17,19,21-22H,5-14,16H2,1-4H3,(H,28,34)/t19-/m1/s1. The number of piperidine rings is 2. The van der Waals surface area contributed by atoms with Crippen LogP contribution in [-0.2, 0) is 20.7 Å². The van der Waals surface area contributed by atoms with Crippen LogP contribution in [0.3, 0.4) is 0 Å². The Hall–Kier alpha value is -2.65. The molecule has 1 aromatic carbocycles. The van der Waals surface area contributed by atoms with E-state index in [1.165, 1.54) is 0 Å². The first-order valence-electron chi connectivity index (χ1n) is 13.2. The summed E-state index contributed by atoms with van der Waals surface area (Å²) in [5, 5.41) is 0. The minimum absolute atomic E-state index is 0.00749. The Morgan fingerprint density at radius 3 is 2.50 bits per heavy atom. The van der Waals surface area contributed by atoms with Crippen LogP contribution in [0.1, 0.15) is 43.7 Å². The van der Waals surface area contributed by atoms with Crippen molar-refractivity contribution < 1.29 is 18.7 Å². The van der Waals surface area contributed by atoms with Gasteiger partial charge in [-0.1, -0.05) is 13.0 Å². The Morgan fingerprint density at radius 2 is 1.83 bits per heavy atom. The van der Waals surface area contributed by atoms with Gasteiger partial charge in [-0.3, -0.25) is 14.6 Å². The van der Waals surface area contributed by atoms with Gasteiger partial charge in [0, 0.05) is 31.6 Å². The molecule has 0 saturated carbocycles. The Labute approximate surface area is 212 Å². The number of likely N-dealkylation sites (tertiary alicyclic amines) is 2. The van der Waals surface area contributed by atoms with Crippen LogP contribution in [0, 0.1) is 18.8 Å². The monoisotopic (exact) mass is 500 g/mol. The quantitative estimate of drug-likeness (QED) is 0.556. The van der Waals surface area contributed by atoms with E-state index in [0.717, 1.165) is 75.1 Å². The second kappa shape index (κ2) is 11.6. The average molecular weight is 501 g/mol. The molecule has 1 aromatic heterocycles. The maximum absolute atomic E-state index is 13.2. The van der Waals surface area contributed by atoms with Crippen LogP contribution >= 0.6 is 0 Å². The minimum Gasteiger partial charge on any atom is -0.464 e. The van der Waals surface area contributed by atoms with Crippen molar-refractivity contribution in [3.63, 3.8) is 0 Å². The molecule has 0 unspecified atom stereocenters. The number of ether oxygens (including phenoxy) is 1. The van der Waals surface area contributed by atoms with Gasteiger partial charge in [0.15, 0.2) is 5.58 Å². The molecule has 0 aliphatic carbocycles. The molecule has 36 heavy (non-hydrogen) atoms. The zero-order valence-corrected chi connectivity index (χ0v) is 22.0. The second-order valence-electron chi connectivity index (χ2n) is 10.7. The molecule has 9 nitrogen and oxygen atoms in total. The summed E-state index contributed by atoms with van der Waals surface area (Å²) in [6, 6.07) is 4.35. The predicted molar refractivity (Wildman–Crippen MR) is 138 cm³/mol. The molecule has 2 aromatic rings. The fraction of sp³-hybridized carbons (Fsp3) is 0.667. The molecule has 1 atom stereocenters. The number of H-pyrrole nitrogens is 1. The minimum atomic E-state index is -0.457. The van der Waals surface area contributed by atoms with Gasteiger partial charge in [-0.05, 0) is 83.4 Å². The van der Waals surface area contributed by atoms with Gasteiger partial charge in [0.05, 0.1) is 11.4 Å².